The van der Waals surface area contributed by atoms with Gasteiger partial charge in [0.1, 0.15) is 18.9 Å². The minimum absolute atomic E-state index is 0.0566. The predicted octanol–water partition coefficient (Wildman–Crippen LogP) is 4.13. The van der Waals surface area contributed by atoms with Crippen molar-refractivity contribution >= 4 is 43.2 Å². The second-order valence-corrected chi connectivity index (χ2v) is 13.7. The summed E-state index contributed by atoms with van der Waals surface area (Å²) in [6.45, 7) is 4.47. The number of aryl methyl sites for hydroxylation is 2. The maximum Gasteiger partial charge on any atom is 0.264 e. The SMILES string of the molecule is Cc1ccc(S(=O)(=O)N(CC(=O)NCCOc2ccc(S(=O)(=O)N3CCCC3)cc2)c2ccc(C)c(Cl)c2)cc1. The van der Waals surface area contributed by atoms with Crippen LogP contribution >= 0.6 is 11.6 Å². The van der Waals surface area contributed by atoms with Gasteiger partial charge in [0.05, 0.1) is 22.0 Å². The van der Waals surface area contributed by atoms with Crippen LogP contribution in [0.5, 0.6) is 5.75 Å². The average Bonchev–Trinajstić information content (AvgIpc) is 3.48. The van der Waals surface area contributed by atoms with E-state index in [0.29, 0.717) is 23.9 Å². The Kier molecular flexibility index (Phi) is 9.40. The molecule has 9 nitrogen and oxygen atoms in total. The van der Waals surface area contributed by atoms with Gasteiger partial charge in [-0.25, -0.2) is 16.8 Å². The molecule has 1 saturated heterocycles. The third-order valence-corrected chi connectivity index (χ3v) is 10.7. The van der Waals surface area contributed by atoms with Crippen molar-refractivity contribution < 1.29 is 26.4 Å². The lowest BCUT2D eigenvalue weighted by Gasteiger charge is -2.24. The summed E-state index contributed by atoms with van der Waals surface area (Å²) in [5.74, 6) is -0.0736. The number of sulfonamides is 2. The Morgan fingerprint density at radius 2 is 1.55 bits per heavy atom. The molecule has 1 N–H and O–H groups in total. The molecule has 0 unspecified atom stereocenters. The number of nitrogens with zero attached hydrogens (tertiary/aromatic N) is 2. The minimum Gasteiger partial charge on any atom is -0.492 e. The number of hydrogen-bond donors (Lipinski definition) is 1. The van der Waals surface area contributed by atoms with Gasteiger partial charge in [0.2, 0.25) is 15.9 Å². The molecule has 0 saturated carbocycles. The fourth-order valence-electron chi connectivity index (χ4n) is 4.22. The first kappa shape index (κ1) is 29.9. The Morgan fingerprint density at radius 1 is 0.925 bits per heavy atom. The summed E-state index contributed by atoms with van der Waals surface area (Å²) in [5.41, 5.74) is 1.96. The van der Waals surface area contributed by atoms with Crippen LogP contribution in [0.2, 0.25) is 5.02 Å². The number of carbonyl (C=O) groups excluding carboxylic acids is 1. The molecule has 0 aliphatic carbocycles. The molecule has 1 aliphatic heterocycles. The zero-order chi connectivity index (χ0) is 28.9. The topological polar surface area (TPSA) is 113 Å². The molecular weight excluding hydrogens is 574 g/mol. The molecule has 1 fully saturated rings. The highest BCUT2D eigenvalue weighted by molar-refractivity contribution is 7.92. The molecule has 0 atom stereocenters. The van der Waals surface area contributed by atoms with E-state index in [-0.39, 0.29) is 28.6 Å². The lowest BCUT2D eigenvalue weighted by Crippen LogP contribution is -2.42. The van der Waals surface area contributed by atoms with Gasteiger partial charge in [0.15, 0.2) is 0 Å². The van der Waals surface area contributed by atoms with Crippen molar-refractivity contribution in [2.45, 2.75) is 36.5 Å². The van der Waals surface area contributed by atoms with Gasteiger partial charge in [-0.2, -0.15) is 4.31 Å². The predicted molar refractivity (Wildman–Crippen MR) is 155 cm³/mol. The van der Waals surface area contributed by atoms with E-state index in [9.17, 15) is 21.6 Å². The molecule has 0 spiro atoms. The average molecular weight is 606 g/mol. The Hall–Kier alpha value is -3.12. The molecule has 0 radical (unpaired) electrons. The zero-order valence-corrected chi connectivity index (χ0v) is 24.7. The molecule has 3 aromatic rings. The Bertz CT molecular complexity index is 1550. The molecule has 0 aromatic heterocycles. The van der Waals surface area contributed by atoms with Crippen LogP contribution in [-0.4, -0.2) is 59.8 Å². The molecule has 1 aliphatic rings. The number of ether oxygens (including phenoxy) is 1. The van der Waals surface area contributed by atoms with Crippen molar-refractivity contribution in [2.24, 2.45) is 0 Å². The van der Waals surface area contributed by atoms with Crippen LogP contribution in [0, 0.1) is 13.8 Å². The number of rotatable bonds is 11. The van der Waals surface area contributed by atoms with Crippen molar-refractivity contribution in [3.63, 3.8) is 0 Å². The summed E-state index contributed by atoms with van der Waals surface area (Å²) in [4.78, 5) is 13.1. The summed E-state index contributed by atoms with van der Waals surface area (Å²) < 4.78 is 60.5. The lowest BCUT2D eigenvalue weighted by atomic mass is 10.2. The number of amides is 1. The van der Waals surface area contributed by atoms with Gasteiger partial charge in [0, 0.05) is 18.1 Å². The Balaban J connectivity index is 1.38. The molecular formula is C28H32ClN3O6S2. The molecule has 1 heterocycles. The summed E-state index contributed by atoms with van der Waals surface area (Å²) in [6, 6.07) is 17.4. The lowest BCUT2D eigenvalue weighted by molar-refractivity contribution is -0.119. The maximum atomic E-state index is 13.5. The molecule has 1 amide bonds. The first-order chi connectivity index (χ1) is 19.0. The van der Waals surface area contributed by atoms with Gasteiger partial charge in [-0.1, -0.05) is 35.4 Å². The van der Waals surface area contributed by atoms with Crippen molar-refractivity contribution in [3.05, 3.63) is 82.9 Å². The number of benzene rings is 3. The zero-order valence-electron chi connectivity index (χ0n) is 22.3. The minimum atomic E-state index is -4.06. The van der Waals surface area contributed by atoms with Gasteiger partial charge in [0.25, 0.3) is 10.0 Å². The maximum absolute atomic E-state index is 13.5. The van der Waals surface area contributed by atoms with Crippen LogP contribution in [0.25, 0.3) is 0 Å². The van der Waals surface area contributed by atoms with Crippen LogP contribution in [0.3, 0.4) is 0 Å². The van der Waals surface area contributed by atoms with Crippen molar-refractivity contribution in [2.75, 3.05) is 37.1 Å². The molecule has 12 heteroatoms. The van der Waals surface area contributed by atoms with E-state index in [4.69, 9.17) is 16.3 Å². The number of halogens is 1. The molecule has 3 aromatic carbocycles. The van der Waals surface area contributed by atoms with Crippen molar-refractivity contribution in [1.29, 1.82) is 0 Å². The van der Waals surface area contributed by atoms with Gasteiger partial charge in [-0.05, 0) is 80.8 Å². The van der Waals surface area contributed by atoms with Crippen LogP contribution < -0.4 is 14.4 Å². The van der Waals surface area contributed by atoms with Gasteiger partial charge in [-0.3, -0.25) is 9.10 Å². The van der Waals surface area contributed by atoms with Gasteiger partial charge < -0.3 is 10.1 Å². The second kappa shape index (κ2) is 12.6. The summed E-state index contributed by atoms with van der Waals surface area (Å²) in [7, 11) is -7.57. The molecule has 0 bridgehead atoms. The van der Waals surface area contributed by atoms with E-state index >= 15 is 0 Å². The monoisotopic (exact) mass is 605 g/mol. The first-order valence-electron chi connectivity index (χ1n) is 12.8. The van der Waals surface area contributed by atoms with Crippen LogP contribution in [-0.2, 0) is 24.8 Å². The van der Waals surface area contributed by atoms with Gasteiger partial charge >= 0.3 is 0 Å². The third kappa shape index (κ3) is 6.95. The van der Waals surface area contributed by atoms with Crippen molar-refractivity contribution in [3.8, 4) is 5.75 Å². The highest BCUT2D eigenvalue weighted by atomic mass is 35.5. The normalized spacial score (nSPS) is 14.2. The van der Waals surface area contributed by atoms with E-state index in [1.54, 1.807) is 43.3 Å². The fourth-order valence-corrected chi connectivity index (χ4v) is 7.33. The fraction of sp³-hybridized carbons (Fsp3) is 0.321. The number of hydrogen-bond acceptors (Lipinski definition) is 6. The van der Waals surface area contributed by atoms with Crippen LogP contribution in [0.4, 0.5) is 5.69 Å². The summed E-state index contributed by atoms with van der Waals surface area (Å²) >= 11 is 6.27. The third-order valence-electron chi connectivity index (χ3n) is 6.56. The largest absolute Gasteiger partial charge is 0.492 e. The second-order valence-electron chi connectivity index (χ2n) is 9.54. The van der Waals surface area contributed by atoms with Crippen molar-refractivity contribution in [1.82, 2.24) is 9.62 Å². The van der Waals surface area contributed by atoms with Crippen LogP contribution in [0.15, 0.2) is 76.5 Å². The molecule has 40 heavy (non-hydrogen) atoms. The quantitative estimate of drug-likeness (QED) is 0.329. The summed E-state index contributed by atoms with van der Waals surface area (Å²) in [5, 5.41) is 3.06. The number of carbonyl (C=O) groups is 1. The number of nitrogens with one attached hydrogen (secondary N) is 1. The van der Waals surface area contributed by atoms with Crippen LogP contribution in [0.1, 0.15) is 24.0 Å². The molecule has 4 rings (SSSR count). The van der Waals surface area contributed by atoms with E-state index in [1.807, 2.05) is 6.92 Å². The Labute approximate surface area is 240 Å². The van der Waals surface area contributed by atoms with E-state index < -0.39 is 32.5 Å². The smallest absolute Gasteiger partial charge is 0.264 e. The van der Waals surface area contributed by atoms with Gasteiger partial charge in [-0.15, -0.1) is 0 Å². The first-order valence-corrected chi connectivity index (χ1v) is 16.1. The van der Waals surface area contributed by atoms with E-state index in [1.165, 1.54) is 34.6 Å². The summed E-state index contributed by atoms with van der Waals surface area (Å²) in [6.07, 6.45) is 1.72. The van der Waals surface area contributed by atoms with E-state index in [0.717, 1.165) is 28.3 Å². The molecule has 214 valence electrons. The standard InChI is InChI=1S/C28H32ClN3O6S2/c1-21-5-11-26(12-6-21)40(36,37)32(23-8-7-22(2)27(29)19-23)20-28(33)30-15-18-38-24-9-13-25(14-10-24)39(34,35)31-16-3-4-17-31/h5-14,19H,3-4,15-18,20H2,1-2H3,(H,30,33). The highest BCUT2D eigenvalue weighted by Crippen LogP contribution is 2.28. The van der Waals surface area contributed by atoms with E-state index in [2.05, 4.69) is 5.32 Å². The highest BCUT2D eigenvalue weighted by Gasteiger charge is 2.28. The Morgan fingerprint density at radius 3 is 2.17 bits per heavy atom. The number of anilines is 1.